The fourth-order valence-electron chi connectivity index (χ4n) is 5.34. The van der Waals surface area contributed by atoms with E-state index >= 15 is 0 Å². The van der Waals surface area contributed by atoms with Gasteiger partial charge in [0.25, 0.3) is 5.91 Å². The van der Waals surface area contributed by atoms with Crippen LogP contribution in [-0.4, -0.2) is 80.0 Å². The lowest BCUT2D eigenvalue weighted by atomic mass is 9.90. The molecule has 2 aromatic carbocycles. The van der Waals surface area contributed by atoms with Crippen molar-refractivity contribution in [1.29, 1.82) is 0 Å². The van der Waals surface area contributed by atoms with Crippen molar-refractivity contribution in [3.8, 4) is 11.5 Å². The monoisotopic (exact) mass is 519 g/mol. The summed E-state index contributed by atoms with van der Waals surface area (Å²) >= 11 is 1.81. The Labute approximate surface area is 222 Å². The number of amides is 2. The third-order valence-electron chi connectivity index (χ3n) is 7.41. The molecule has 0 spiro atoms. The predicted molar refractivity (Wildman–Crippen MR) is 145 cm³/mol. The summed E-state index contributed by atoms with van der Waals surface area (Å²) in [5.41, 5.74) is 4.35. The van der Waals surface area contributed by atoms with E-state index in [1.54, 1.807) is 37.3 Å². The highest BCUT2D eigenvalue weighted by molar-refractivity contribution is 7.10. The zero-order valence-corrected chi connectivity index (χ0v) is 22.4. The van der Waals surface area contributed by atoms with Gasteiger partial charge in [-0.25, -0.2) is 0 Å². The molecule has 3 aromatic rings. The van der Waals surface area contributed by atoms with E-state index in [0.717, 1.165) is 13.0 Å². The number of carbonyl (C=O) groups is 2. The molecule has 0 aliphatic carbocycles. The minimum atomic E-state index is -0.0788. The van der Waals surface area contributed by atoms with Gasteiger partial charge in [0, 0.05) is 49.2 Å². The van der Waals surface area contributed by atoms with E-state index in [2.05, 4.69) is 47.5 Å². The lowest BCUT2D eigenvalue weighted by Gasteiger charge is -2.39. The van der Waals surface area contributed by atoms with Crippen LogP contribution < -0.4 is 9.47 Å². The number of carbonyl (C=O) groups excluding carboxylic acids is 2. The van der Waals surface area contributed by atoms with Crippen molar-refractivity contribution >= 4 is 23.2 Å². The Kier molecular flexibility index (Phi) is 7.48. The number of benzene rings is 2. The topological polar surface area (TPSA) is 62.3 Å². The summed E-state index contributed by atoms with van der Waals surface area (Å²) in [5.74, 6) is 1.20. The Morgan fingerprint density at radius 1 is 0.892 bits per heavy atom. The average molecular weight is 520 g/mol. The summed E-state index contributed by atoms with van der Waals surface area (Å²) in [4.78, 5) is 34.0. The number of fused-ring (bicyclic) bond motifs is 1. The van der Waals surface area contributed by atoms with Crippen LogP contribution in [0.2, 0.25) is 0 Å². The first kappa shape index (κ1) is 25.3. The van der Waals surface area contributed by atoms with Crippen molar-refractivity contribution in [2.24, 2.45) is 0 Å². The van der Waals surface area contributed by atoms with Gasteiger partial charge in [-0.15, -0.1) is 11.3 Å². The van der Waals surface area contributed by atoms with Crippen LogP contribution in [0, 0.1) is 6.92 Å². The highest BCUT2D eigenvalue weighted by Gasteiger charge is 2.33. The van der Waals surface area contributed by atoms with Crippen molar-refractivity contribution in [3.05, 3.63) is 81.0 Å². The van der Waals surface area contributed by atoms with Crippen LogP contribution in [0.5, 0.6) is 11.5 Å². The van der Waals surface area contributed by atoms with E-state index < -0.39 is 0 Å². The summed E-state index contributed by atoms with van der Waals surface area (Å²) in [5, 5.41) is 2.16. The molecule has 1 atom stereocenters. The molecule has 3 heterocycles. The van der Waals surface area contributed by atoms with Gasteiger partial charge in [-0.05, 0) is 53.6 Å². The quantitative estimate of drug-likeness (QED) is 0.493. The third-order valence-corrected chi connectivity index (χ3v) is 8.40. The largest absolute Gasteiger partial charge is 0.497 e. The number of methoxy groups -OCH3 is 2. The van der Waals surface area contributed by atoms with Crippen LogP contribution in [0.4, 0.5) is 0 Å². The lowest BCUT2D eigenvalue weighted by Crippen LogP contribution is -2.53. The molecule has 1 unspecified atom stereocenters. The molecular formula is C29H33N3O4S. The number of hydrogen-bond acceptors (Lipinski definition) is 6. The number of nitrogens with zero attached hydrogens (tertiary/aromatic N) is 3. The molecular weight excluding hydrogens is 486 g/mol. The highest BCUT2D eigenvalue weighted by atomic mass is 32.1. The fraction of sp³-hybridized carbons (Fsp3) is 0.379. The van der Waals surface area contributed by atoms with Crippen LogP contribution in [0.3, 0.4) is 0 Å². The van der Waals surface area contributed by atoms with E-state index in [0.29, 0.717) is 49.8 Å². The summed E-state index contributed by atoms with van der Waals surface area (Å²) in [7, 11) is 3.14. The number of ether oxygens (including phenoxy) is 2. The predicted octanol–water partition coefficient (Wildman–Crippen LogP) is 4.01. The lowest BCUT2D eigenvalue weighted by molar-refractivity contribution is -0.134. The zero-order chi connectivity index (χ0) is 25.9. The highest BCUT2D eigenvalue weighted by Crippen LogP contribution is 2.38. The minimum absolute atomic E-state index is 0.0788. The van der Waals surface area contributed by atoms with E-state index in [4.69, 9.17) is 9.47 Å². The second kappa shape index (κ2) is 10.9. The molecule has 2 aliphatic heterocycles. The molecule has 1 fully saturated rings. The first-order valence-electron chi connectivity index (χ1n) is 12.6. The smallest absolute Gasteiger partial charge is 0.254 e. The second-order valence-corrected chi connectivity index (χ2v) is 10.6. The van der Waals surface area contributed by atoms with Crippen molar-refractivity contribution in [1.82, 2.24) is 14.7 Å². The van der Waals surface area contributed by atoms with Gasteiger partial charge in [0.15, 0.2) is 0 Å². The Balaban J connectivity index is 1.25. The molecule has 1 saturated heterocycles. The van der Waals surface area contributed by atoms with Gasteiger partial charge in [0.1, 0.15) is 11.5 Å². The van der Waals surface area contributed by atoms with E-state index in [-0.39, 0.29) is 17.9 Å². The normalized spacial score (nSPS) is 17.9. The van der Waals surface area contributed by atoms with Crippen molar-refractivity contribution in [3.63, 3.8) is 0 Å². The summed E-state index contributed by atoms with van der Waals surface area (Å²) in [6.45, 7) is 5.42. The number of thiophene rings is 1. The minimum Gasteiger partial charge on any atom is -0.497 e. The molecule has 1 aromatic heterocycles. The van der Waals surface area contributed by atoms with Gasteiger partial charge >= 0.3 is 0 Å². The van der Waals surface area contributed by atoms with Crippen LogP contribution in [-0.2, 0) is 11.2 Å². The van der Waals surface area contributed by atoms with Gasteiger partial charge in [-0.2, -0.15) is 0 Å². The van der Waals surface area contributed by atoms with E-state index in [9.17, 15) is 9.59 Å². The molecule has 0 N–H and O–H groups in total. The molecule has 8 heteroatoms. The van der Waals surface area contributed by atoms with E-state index in [1.165, 1.54) is 21.6 Å². The summed E-state index contributed by atoms with van der Waals surface area (Å²) in [6, 6.07) is 16.0. The van der Waals surface area contributed by atoms with Crippen LogP contribution in [0.25, 0.3) is 0 Å². The van der Waals surface area contributed by atoms with Gasteiger partial charge in [0.2, 0.25) is 5.91 Å². The van der Waals surface area contributed by atoms with Crippen LogP contribution in [0.1, 0.15) is 38.0 Å². The van der Waals surface area contributed by atoms with E-state index in [1.807, 2.05) is 16.2 Å². The Morgan fingerprint density at radius 3 is 2.24 bits per heavy atom. The van der Waals surface area contributed by atoms with Crippen LogP contribution in [0.15, 0.2) is 53.9 Å². The summed E-state index contributed by atoms with van der Waals surface area (Å²) < 4.78 is 10.6. The maximum Gasteiger partial charge on any atom is 0.254 e. The molecule has 2 amide bonds. The fourth-order valence-corrected chi connectivity index (χ4v) is 6.25. The maximum absolute atomic E-state index is 13.4. The Morgan fingerprint density at radius 2 is 1.57 bits per heavy atom. The molecule has 194 valence electrons. The Bertz CT molecular complexity index is 1260. The molecule has 0 saturated carbocycles. The number of rotatable bonds is 6. The number of aryl methyl sites for hydroxylation is 1. The van der Waals surface area contributed by atoms with Crippen LogP contribution >= 0.6 is 11.3 Å². The van der Waals surface area contributed by atoms with Crippen molar-refractivity contribution < 1.29 is 19.1 Å². The van der Waals surface area contributed by atoms with Gasteiger partial charge in [-0.1, -0.05) is 24.3 Å². The second-order valence-electron chi connectivity index (χ2n) is 9.55. The molecule has 7 nitrogen and oxygen atoms in total. The molecule has 37 heavy (non-hydrogen) atoms. The van der Waals surface area contributed by atoms with Crippen molar-refractivity contribution in [2.75, 3.05) is 53.5 Å². The SMILES string of the molecule is COc1cc(OC)cc(C(=O)N2CCN(C(=O)CN3CCc4sccc4C3c3ccccc3C)CC2)c1. The molecule has 2 aliphatic rings. The molecule has 0 radical (unpaired) electrons. The van der Waals surface area contributed by atoms with Gasteiger partial charge < -0.3 is 19.3 Å². The summed E-state index contributed by atoms with van der Waals surface area (Å²) in [6.07, 6.45) is 0.967. The molecule has 5 rings (SSSR count). The first-order valence-corrected chi connectivity index (χ1v) is 13.5. The first-order chi connectivity index (χ1) is 18.0. The average Bonchev–Trinajstić information content (AvgIpc) is 3.42. The maximum atomic E-state index is 13.4. The molecule has 0 bridgehead atoms. The Hall–Kier alpha value is -3.36. The zero-order valence-electron chi connectivity index (χ0n) is 21.6. The van der Waals surface area contributed by atoms with Gasteiger partial charge in [-0.3, -0.25) is 14.5 Å². The number of piperazine rings is 1. The van der Waals surface area contributed by atoms with Gasteiger partial charge in [0.05, 0.1) is 26.8 Å². The standard InChI is InChI=1S/C29H33N3O4S/c1-20-6-4-5-7-24(20)28-25-9-15-37-26(25)8-10-32(28)19-27(33)30-11-13-31(14-12-30)29(34)21-16-22(35-2)18-23(17-21)36-3/h4-7,9,15-18,28H,8,10-14,19H2,1-3H3. The van der Waals surface area contributed by atoms with Crippen molar-refractivity contribution in [2.45, 2.75) is 19.4 Å². The third kappa shape index (κ3) is 5.22. The number of hydrogen-bond donors (Lipinski definition) is 0.